The van der Waals surface area contributed by atoms with Gasteiger partial charge in [0.15, 0.2) is 0 Å². The molecule has 0 aromatic carbocycles. The first-order valence-electron chi connectivity index (χ1n) is 4.26. The largest absolute Gasteiger partial charge is 0.215 e. The topological polar surface area (TPSA) is 46.2 Å². The lowest BCUT2D eigenvalue weighted by Gasteiger charge is -2.03. The van der Waals surface area contributed by atoms with Gasteiger partial charge in [-0.3, -0.25) is 0 Å². The van der Waals surface area contributed by atoms with Gasteiger partial charge in [-0.1, -0.05) is 6.08 Å². The van der Waals surface area contributed by atoms with Crippen molar-refractivity contribution in [3.63, 3.8) is 0 Å². The van der Waals surface area contributed by atoms with E-state index in [0.29, 0.717) is 25.3 Å². The van der Waals surface area contributed by atoms with Gasteiger partial charge in [-0.05, 0) is 19.3 Å². The van der Waals surface area contributed by atoms with E-state index < -0.39 is 10.0 Å². The Morgan fingerprint density at radius 3 is 2.62 bits per heavy atom. The van der Waals surface area contributed by atoms with Crippen molar-refractivity contribution in [2.24, 2.45) is 0 Å². The fourth-order valence-electron chi connectivity index (χ4n) is 0.775. The molecule has 5 heteroatoms. The third-order valence-electron chi connectivity index (χ3n) is 1.47. The second-order valence-corrected chi connectivity index (χ2v) is 4.99. The lowest BCUT2D eigenvalue weighted by Crippen LogP contribution is -2.27. The van der Waals surface area contributed by atoms with Crippen molar-refractivity contribution in [3.05, 3.63) is 12.7 Å². The predicted molar refractivity (Wildman–Crippen MR) is 56.6 cm³/mol. The van der Waals surface area contributed by atoms with Gasteiger partial charge in [-0.25, -0.2) is 13.1 Å². The normalized spacial score (nSPS) is 11.5. The van der Waals surface area contributed by atoms with Crippen LogP contribution in [0.1, 0.15) is 19.3 Å². The molecule has 0 unspecified atom stereocenters. The number of sulfonamides is 1. The Labute approximate surface area is 85.2 Å². The van der Waals surface area contributed by atoms with Gasteiger partial charge in [-0.2, -0.15) is 0 Å². The average molecular weight is 226 g/mol. The van der Waals surface area contributed by atoms with Crippen molar-refractivity contribution >= 4 is 21.6 Å². The minimum absolute atomic E-state index is 0.164. The van der Waals surface area contributed by atoms with Crippen LogP contribution in [0.2, 0.25) is 0 Å². The Hall–Kier alpha value is -0.0600. The first kappa shape index (κ1) is 12.9. The van der Waals surface area contributed by atoms with E-state index in [9.17, 15) is 8.42 Å². The number of halogens is 1. The third kappa shape index (κ3) is 8.28. The van der Waals surface area contributed by atoms with Crippen LogP contribution in [-0.2, 0) is 10.0 Å². The summed E-state index contributed by atoms with van der Waals surface area (Å²) in [6.45, 7) is 3.94. The van der Waals surface area contributed by atoms with Crippen molar-refractivity contribution in [2.75, 3.05) is 18.2 Å². The minimum Gasteiger partial charge on any atom is -0.215 e. The van der Waals surface area contributed by atoms with Crippen molar-refractivity contribution in [1.29, 1.82) is 0 Å². The van der Waals surface area contributed by atoms with Crippen LogP contribution in [0, 0.1) is 0 Å². The lowest BCUT2D eigenvalue weighted by molar-refractivity contribution is 0.579. The van der Waals surface area contributed by atoms with Crippen molar-refractivity contribution in [1.82, 2.24) is 4.72 Å². The summed E-state index contributed by atoms with van der Waals surface area (Å²) >= 11 is 5.43. The number of unbranched alkanes of at least 4 members (excludes halogenated alkanes) is 1. The molecule has 0 saturated carbocycles. The molecule has 0 aliphatic rings. The first-order chi connectivity index (χ1) is 6.12. The maximum absolute atomic E-state index is 11.2. The zero-order valence-corrected chi connectivity index (χ0v) is 9.20. The van der Waals surface area contributed by atoms with Crippen molar-refractivity contribution in [2.45, 2.75) is 19.3 Å². The minimum atomic E-state index is -3.08. The van der Waals surface area contributed by atoms with Crippen LogP contribution >= 0.6 is 11.6 Å². The average Bonchev–Trinajstić information content (AvgIpc) is 2.05. The van der Waals surface area contributed by atoms with Gasteiger partial charge in [0.2, 0.25) is 10.0 Å². The van der Waals surface area contributed by atoms with E-state index in [2.05, 4.69) is 11.3 Å². The van der Waals surface area contributed by atoms with Crippen LogP contribution in [0.3, 0.4) is 0 Å². The van der Waals surface area contributed by atoms with Crippen LogP contribution in [0.4, 0.5) is 0 Å². The summed E-state index contributed by atoms with van der Waals surface area (Å²) in [5.41, 5.74) is 0. The van der Waals surface area contributed by atoms with Crippen LogP contribution in [0.5, 0.6) is 0 Å². The number of hydrogen-bond acceptors (Lipinski definition) is 2. The van der Waals surface area contributed by atoms with Gasteiger partial charge in [0.05, 0.1) is 5.75 Å². The molecule has 1 N–H and O–H groups in total. The smallest absolute Gasteiger partial charge is 0.211 e. The second-order valence-electron chi connectivity index (χ2n) is 2.69. The molecule has 0 aliphatic heterocycles. The summed E-state index contributed by atoms with van der Waals surface area (Å²) in [6, 6.07) is 0. The molecular weight excluding hydrogens is 210 g/mol. The van der Waals surface area contributed by atoms with Gasteiger partial charge in [0, 0.05) is 12.4 Å². The molecule has 0 heterocycles. The molecule has 0 atom stereocenters. The van der Waals surface area contributed by atoms with E-state index in [-0.39, 0.29) is 5.75 Å². The zero-order chi connectivity index (χ0) is 10.2. The number of rotatable bonds is 8. The molecule has 78 valence electrons. The molecule has 0 radical (unpaired) electrons. The fourth-order valence-corrected chi connectivity index (χ4v) is 2.12. The third-order valence-corrected chi connectivity index (χ3v) is 3.20. The zero-order valence-electron chi connectivity index (χ0n) is 7.63. The van der Waals surface area contributed by atoms with Crippen LogP contribution in [0.15, 0.2) is 12.7 Å². The highest BCUT2D eigenvalue weighted by molar-refractivity contribution is 7.89. The summed E-state index contributed by atoms with van der Waals surface area (Å²) in [7, 11) is -3.08. The molecule has 0 bridgehead atoms. The van der Waals surface area contributed by atoms with Gasteiger partial charge < -0.3 is 0 Å². The quantitative estimate of drug-likeness (QED) is 0.387. The number of alkyl halides is 1. The molecule has 3 nitrogen and oxygen atoms in total. The summed E-state index contributed by atoms with van der Waals surface area (Å²) in [5.74, 6) is 0.680. The highest BCUT2D eigenvalue weighted by atomic mass is 35.5. The Morgan fingerprint density at radius 2 is 2.08 bits per heavy atom. The highest BCUT2D eigenvalue weighted by Crippen LogP contribution is 1.96. The Bertz CT molecular complexity index is 226. The molecule has 0 aliphatic carbocycles. The molecule has 0 spiro atoms. The van der Waals surface area contributed by atoms with Crippen molar-refractivity contribution < 1.29 is 8.42 Å². The van der Waals surface area contributed by atoms with E-state index in [0.717, 1.165) is 6.42 Å². The highest BCUT2D eigenvalue weighted by Gasteiger charge is 2.07. The monoisotopic (exact) mass is 225 g/mol. The summed E-state index contributed by atoms with van der Waals surface area (Å²) < 4.78 is 24.9. The van der Waals surface area contributed by atoms with Gasteiger partial charge in [-0.15, -0.1) is 18.2 Å². The van der Waals surface area contributed by atoms with E-state index in [1.54, 1.807) is 6.08 Å². The maximum atomic E-state index is 11.2. The molecule has 13 heavy (non-hydrogen) atoms. The summed E-state index contributed by atoms with van der Waals surface area (Å²) in [4.78, 5) is 0. The molecule has 0 aromatic rings. The van der Waals surface area contributed by atoms with Gasteiger partial charge >= 0.3 is 0 Å². The second kappa shape index (κ2) is 7.35. The lowest BCUT2D eigenvalue weighted by atomic mass is 10.4. The molecule has 0 aromatic heterocycles. The van der Waals surface area contributed by atoms with Gasteiger partial charge in [0.25, 0.3) is 0 Å². The van der Waals surface area contributed by atoms with Gasteiger partial charge in [0.1, 0.15) is 0 Å². The maximum Gasteiger partial charge on any atom is 0.211 e. The van der Waals surface area contributed by atoms with E-state index in [1.165, 1.54) is 0 Å². The first-order valence-corrected chi connectivity index (χ1v) is 6.45. The standard InChI is InChI=1S/C8H16ClNO2S/c1-2-3-7-10-13(11,12)8-5-4-6-9/h2,10H,1,3-8H2. The number of hydrogen-bond donors (Lipinski definition) is 1. The Kier molecular flexibility index (Phi) is 7.32. The van der Waals surface area contributed by atoms with E-state index in [4.69, 9.17) is 11.6 Å². The molecule has 0 fully saturated rings. The predicted octanol–water partition coefficient (Wildman–Crippen LogP) is 1.50. The Balaban J connectivity index is 3.61. The molecule has 0 saturated heterocycles. The molecule has 0 amide bonds. The Morgan fingerprint density at radius 1 is 1.38 bits per heavy atom. The SMILES string of the molecule is C=CCCNS(=O)(=O)CCCCCl. The van der Waals surface area contributed by atoms with Crippen LogP contribution in [-0.4, -0.2) is 26.6 Å². The summed E-state index contributed by atoms with van der Waals surface area (Å²) in [6.07, 6.45) is 3.70. The van der Waals surface area contributed by atoms with Crippen LogP contribution in [0.25, 0.3) is 0 Å². The summed E-state index contributed by atoms with van der Waals surface area (Å²) in [5, 5.41) is 0. The number of nitrogens with one attached hydrogen (secondary N) is 1. The van der Waals surface area contributed by atoms with Crippen molar-refractivity contribution in [3.8, 4) is 0 Å². The van der Waals surface area contributed by atoms with E-state index in [1.807, 2.05) is 0 Å². The molecular formula is C8H16ClNO2S. The van der Waals surface area contributed by atoms with E-state index >= 15 is 0 Å². The molecule has 0 rings (SSSR count). The van der Waals surface area contributed by atoms with Crippen LogP contribution < -0.4 is 4.72 Å². The fraction of sp³-hybridized carbons (Fsp3) is 0.750.